The summed E-state index contributed by atoms with van der Waals surface area (Å²) in [5, 5.41) is 14.5. The Hall–Kier alpha value is -3.77. The van der Waals surface area contributed by atoms with Crippen LogP contribution in [0.1, 0.15) is 5.56 Å². The minimum atomic E-state index is -4.07. The standard InChI is InChI=1S/C18H12N6O4S2/c25-15-10-4-3-7-20-17(10)24(22-13-8-19-9-29-13)18(26)14(15)16-21-11-5-1-2-6-12(11)30(27,28)23-16/h1-9,22,25H,(H,21,23). The maximum atomic E-state index is 13.3. The minimum Gasteiger partial charge on any atom is -0.506 e. The topological polar surface area (TPSA) is 139 Å². The van der Waals surface area contributed by atoms with E-state index in [2.05, 4.69) is 25.1 Å². The predicted octanol–water partition coefficient (Wildman–Crippen LogP) is 1.99. The number of hydrogen-bond acceptors (Lipinski definition) is 9. The van der Waals surface area contributed by atoms with Crippen LogP contribution in [-0.4, -0.2) is 34.0 Å². The van der Waals surface area contributed by atoms with E-state index in [0.29, 0.717) is 5.00 Å². The second-order valence-corrected chi connectivity index (χ2v) is 8.71. The Morgan fingerprint density at radius 1 is 1.17 bits per heavy atom. The number of nitrogens with one attached hydrogen (secondary N) is 2. The quantitative estimate of drug-likeness (QED) is 0.440. The summed E-state index contributed by atoms with van der Waals surface area (Å²) in [6, 6.07) is 9.34. The number of fused-ring (bicyclic) bond motifs is 2. The molecule has 0 unspecified atom stereocenters. The van der Waals surface area contributed by atoms with Gasteiger partial charge in [0.05, 0.1) is 22.8 Å². The summed E-state index contributed by atoms with van der Waals surface area (Å²) in [4.78, 5) is 21.4. The third-order valence-electron chi connectivity index (χ3n) is 4.43. The molecular formula is C18H12N6O4S2. The van der Waals surface area contributed by atoms with E-state index in [1.54, 1.807) is 35.8 Å². The molecule has 4 heterocycles. The van der Waals surface area contributed by atoms with Gasteiger partial charge in [-0.1, -0.05) is 12.1 Å². The molecule has 0 aliphatic carbocycles. The van der Waals surface area contributed by atoms with Crippen molar-refractivity contribution >= 4 is 48.9 Å². The van der Waals surface area contributed by atoms with E-state index in [9.17, 15) is 18.3 Å². The van der Waals surface area contributed by atoms with Crippen molar-refractivity contribution in [1.82, 2.24) is 14.6 Å². The zero-order valence-electron chi connectivity index (χ0n) is 15.0. The van der Waals surface area contributed by atoms with E-state index in [1.165, 1.54) is 29.8 Å². The number of sulfonamides is 1. The summed E-state index contributed by atoms with van der Waals surface area (Å²) in [6.07, 6.45) is 3.00. The summed E-state index contributed by atoms with van der Waals surface area (Å²) in [5.41, 5.74) is 3.87. The summed E-state index contributed by atoms with van der Waals surface area (Å²) in [6.45, 7) is 0. The zero-order valence-corrected chi connectivity index (χ0v) is 16.6. The summed E-state index contributed by atoms with van der Waals surface area (Å²) >= 11 is 1.26. The highest BCUT2D eigenvalue weighted by Gasteiger charge is 2.30. The molecule has 0 saturated carbocycles. The molecule has 1 aliphatic heterocycles. The molecule has 150 valence electrons. The minimum absolute atomic E-state index is 0.0150. The van der Waals surface area contributed by atoms with Gasteiger partial charge in [-0.3, -0.25) is 15.2 Å². The van der Waals surface area contributed by atoms with E-state index < -0.39 is 21.3 Å². The van der Waals surface area contributed by atoms with E-state index in [4.69, 9.17) is 0 Å². The number of aromatic nitrogens is 3. The lowest BCUT2D eigenvalue weighted by Crippen LogP contribution is -2.35. The maximum Gasteiger partial charge on any atom is 0.286 e. The predicted molar refractivity (Wildman–Crippen MR) is 113 cm³/mol. The molecule has 0 saturated heterocycles. The van der Waals surface area contributed by atoms with E-state index in [1.807, 2.05) is 0 Å². The lowest BCUT2D eigenvalue weighted by atomic mass is 10.1. The Morgan fingerprint density at radius 3 is 2.80 bits per heavy atom. The van der Waals surface area contributed by atoms with Crippen LogP contribution >= 0.6 is 11.3 Å². The summed E-state index contributed by atoms with van der Waals surface area (Å²) < 4.78 is 30.1. The summed E-state index contributed by atoms with van der Waals surface area (Å²) in [7, 11) is -4.07. The molecule has 30 heavy (non-hydrogen) atoms. The molecule has 0 atom stereocenters. The van der Waals surface area contributed by atoms with E-state index in [0.717, 1.165) is 4.68 Å². The lowest BCUT2D eigenvalue weighted by molar-refractivity contribution is 0.478. The number of para-hydroxylation sites is 1. The van der Waals surface area contributed by atoms with Gasteiger partial charge in [-0.15, -0.1) is 15.7 Å². The van der Waals surface area contributed by atoms with E-state index in [-0.39, 0.29) is 33.0 Å². The van der Waals surface area contributed by atoms with Gasteiger partial charge in [0.25, 0.3) is 15.6 Å². The van der Waals surface area contributed by atoms with Crippen molar-refractivity contribution < 1.29 is 13.5 Å². The van der Waals surface area contributed by atoms with Gasteiger partial charge in [0.1, 0.15) is 21.2 Å². The highest BCUT2D eigenvalue weighted by molar-refractivity contribution is 7.90. The lowest BCUT2D eigenvalue weighted by Gasteiger charge is -2.20. The number of thiazole rings is 1. The second kappa shape index (κ2) is 6.64. The molecule has 10 nitrogen and oxygen atoms in total. The average Bonchev–Trinajstić information content (AvgIpc) is 3.24. The number of aromatic hydroxyl groups is 1. The van der Waals surface area contributed by atoms with Crippen LogP contribution < -0.4 is 16.3 Å². The summed E-state index contributed by atoms with van der Waals surface area (Å²) in [5.74, 6) is -0.701. The molecule has 1 aromatic carbocycles. The molecule has 0 fully saturated rings. The molecule has 5 rings (SSSR count). The van der Waals surface area contributed by atoms with Crippen molar-refractivity contribution in [2.45, 2.75) is 4.90 Å². The Balaban J connectivity index is 1.79. The third-order valence-corrected chi connectivity index (χ3v) is 6.44. The largest absolute Gasteiger partial charge is 0.506 e. The van der Waals surface area contributed by atoms with Gasteiger partial charge >= 0.3 is 0 Å². The van der Waals surface area contributed by atoms with Crippen molar-refractivity contribution in [3.8, 4) is 5.75 Å². The fourth-order valence-electron chi connectivity index (χ4n) is 3.13. The Kier molecular flexibility index (Phi) is 4.04. The number of hydrogen-bond donors (Lipinski definition) is 3. The third kappa shape index (κ3) is 2.81. The van der Waals surface area contributed by atoms with Crippen molar-refractivity contribution in [1.29, 1.82) is 0 Å². The van der Waals surface area contributed by atoms with Crippen molar-refractivity contribution in [3.05, 3.63) is 70.2 Å². The highest BCUT2D eigenvalue weighted by atomic mass is 32.2. The fraction of sp³-hybridized carbons (Fsp3) is 0. The molecule has 0 amide bonds. The molecule has 3 aromatic heterocycles. The van der Waals surface area contributed by atoms with Gasteiger partial charge in [0.15, 0.2) is 11.5 Å². The van der Waals surface area contributed by atoms with Crippen LogP contribution in [0.2, 0.25) is 0 Å². The number of pyridine rings is 2. The van der Waals surface area contributed by atoms with Crippen LogP contribution in [0.15, 0.2) is 68.4 Å². The van der Waals surface area contributed by atoms with E-state index >= 15 is 0 Å². The first-order chi connectivity index (χ1) is 14.5. The van der Waals surface area contributed by atoms with Crippen LogP contribution in [0.4, 0.5) is 10.7 Å². The first-order valence-electron chi connectivity index (χ1n) is 8.55. The van der Waals surface area contributed by atoms with Crippen LogP contribution in [-0.2, 0) is 10.0 Å². The number of benzene rings is 1. The monoisotopic (exact) mass is 440 g/mol. The van der Waals surface area contributed by atoms with Crippen LogP contribution in [0.3, 0.4) is 0 Å². The molecule has 1 aliphatic rings. The Morgan fingerprint density at radius 2 is 2.00 bits per heavy atom. The average molecular weight is 440 g/mol. The van der Waals surface area contributed by atoms with Crippen molar-refractivity contribution in [2.24, 2.45) is 4.40 Å². The molecule has 4 aromatic rings. The first-order valence-corrected chi connectivity index (χ1v) is 10.9. The van der Waals surface area contributed by atoms with Crippen molar-refractivity contribution in [3.63, 3.8) is 0 Å². The van der Waals surface area contributed by atoms with Crippen molar-refractivity contribution in [2.75, 3.05) is 10.7 Å². The van der Waals surface area contributed by atoms with Crippen LogP contribution in [0.5, 0.6) is 5.75 Å². The second-order valence-electron chi connectivity index (χ2n) is 6.25. The van der Waals surface area contributed by atoms with Gasteiger partial charge in [-0.25, -0.2) is 4.98 Å². The van der Waals surface area contributed by atoms with Crippen LogP contribution in [0, 0.1) is 0 Å². The maximum absolute atomic E-state index is 13.3. The normalized spacial score (nSPS) is 14.6. The SMILES string of the molecule is O=c1c(C2=NS(=O)(=O)c3ccccc3N2)c(O)c2cccnc2n1Nc1cncs1. The van der Waals surface area contributed by atoms with Gasteiger partial charge < -0.3 is 10.4 Å². The zero-order chi connectivity index (χ0) is 20.9. The molecule has 3 N–H and O–H groups in total. The number of anilines is 2. The fourth-order valence-corrected chi connectivity index (χ4v) is 4.75. The highest BCUT2D eigenvalue weighted by Crippen LogP contribution is 2.31. The van der Waals surface area contributed by atoms with Gasteiger partial charge in [0, 0.05) is 6.20 Å². The van der Waals surface area contributed by atoms with Crippen LogP contribution in [0.25, 0.3) is 11.0 Å². The molecule has 0 bridgehead atoms. The van der Waals surface area contributed by atoms with Gasteiger partial charge in [0.2, 0.25) is 0 Å². The molecular weight excluding hydrogens is 428 g/mol. The van der Waals surface area contributed by atoms with Gasteiger partial charge in [-0.2, -0.15) is 13.1 Å². The smallest absolute Gasteiger partial charge is 0.286 e. The number of amidine groups is 1. The van der Waals surface area contributed by atoms with Gasteiger partial charge in [-0.05, 0) is 24.3 Å². The molecule has 0 spiro atoms. The number of nitrogens with zero attached hydrogens (tertiary/aromatic N) is 4. The molecule has 0 radical (unpaired) electrons. The Bertz CT molecular complexity index is 1490. The Labute approximate surface area is 173 Å². The molecule has 12 heteroatoms. The number of rotatable bonds is 3. The first kappa shape index (κ1) is 18.3.